The molecule has 2 N–H and O–H groups in total. The highest BCUT2D eigenvalue weighted by Gasteiger charge is 2.23. The summed E-state index contributed by atoms with van der Waals surface area (Å²) in [5.41, 5.74) is 6.79. The van der Waals surface area contributed by atoms with Gasteiger partial charge in [-0.3, -0.25) is 4.98 Å². The lowest BCUT2D eigenvalue weighted by atomic mass is 9.83. The van der Waals surface area contributed by atoms with Crippen molar-refractivity contribution in [3.63, 3.8) is 0 Å². The number of ether oxygens (including phenoxy) is 1. The van der Waals surface area contributed by atoms with E-state index >= 15 is 0 Å². The summed E-state index contributed by atoms with van der Waals surface area (Å²) in [5.74, 6) is 0.872. The van der Waals surface area contributed by atoms with Gasteiger partial charge in [-0.15, -0.1) is 0 Å². The molecule has 0 saturated heterocycles. The second kappa shape index (κ2) is 4.94. The van der Waals surface area contributed by atoms with E-state index in [0.717, 1.165) is 23.3 Å². The van der Waals surface area contributed by atoms with Crippen molar-refractivity contribution >= 4 is 10.8 Å². The molecule has 0 atom stereocenters. The van der Waals surface area contributed by atoms with Crippen LogP contribution in [0.1, 0.15) is 26.0 Å². The highest BCUT2D eigenvalue weighted by molar-refractivity contribution is 5.86. The molecule has 0 aliphatic rings. The van der Waals surface area contributed by atoms with E-state index in [1.807, 2.05) is 24.4 Å². The van der Waals surface area contributed by atoms with Crippen molar-refractivity contribution in [3.8, 4) is 5.75 Å². The van der Waals surface area contributed by atoms with Gasteiger partial charge in [0.15, 0.2) is 0 Å². The van der Waals surface area contributed by atoms with E-state index < -0.39 is 0 Å². The van der Waals surface area contributed by atoms with Crippen LogP contribution in [0.5, 0.6) is 5.75 Å². The maximum atomic E-state index is 5.69. The Morgan fingerprint density at radius 3 is 2.72 bits per heavy atom. The van der Waals surface area contributed by atoms with Crippen LogP contribution in [0.15, 0.2) is 30.5 Å². The van der Waals surface area contributed by atoms with Gasteiger partial charge in [0, 0.05) is 17.0 Å². The smallest absolute Gasteiger partial charge is 0.119 e. The summed E-state index contributed by atoms with van der Waals surface area (Å²) in [7, 11) is 1.68. The number of pyridine rings is 1. The number of aromatic nitrogens is 1. The number of nitrogens with two attached hydrogens (primary N) is 1. The minimum absolute atomic E-state index is 0.0111. The molecule has 3 nitrogen and oxygen atoms in total. The number of rotatable bonds is 4. The van der Waals surface area contributed by atoms with E-state index in [4.69, 9.17) is 10.5 Å². The first-order chi connectivity index (χ1) is 8.58. The lowest BCUT2D eigenvalue weighted by Crippen LogP contribution is -2.23. The Morgan fingerprint density at radius 1 is 1.28 bits per heavy atom. The molecule has 0 fully saturated rings. The Hall–Kier alpha value is -1.61. The maximum Gasteiger partial charge on any atom is 0.119 e. The van der Waals surface area contributed by atoms with Crippen LogP contribution in [-0.4, -0.2) is 18.6 Å². The number of fused-ring (bicyclic) bond motifs is 1. The predicted molar refractivity (Wildman–Crippen MR) is 75.0 cm³/mol. The molecule has 2 aromatic rings. The molecule has 1 aromatic heterocycles. The second-order valence-corrected chi connectivity index (χ2v) is 5.17. The summed E-state index contributed by atoms with van der Waals surface area (Å²) < 4.78 is 5.25. The molecular formula is C15H20N2O. The van der Waals surface area contributed by atoms with Gasteiger partial charge in [0.05, 0.1) is 12.8 Å². The topological polar surface area (TPSA) is 48.1 Å². The molecule has 3 heteroatoms. The zero-order valence-electron chi connectivity index (χ0n) is 11.2. The third-order valence-corrected chi connectivity index (χ3v) is 3.38. The molecule has 0 aliphatic carbocycles. The van der Waals surface area contributed by atoms with Gasteiger partial charge < -0.3 is 10.5 Å². The molecular weight excluding hydrogens is 224 g/mol. The molecule has 18 heavy (non-hydrogen) atoms. The van der Waals surface area contributed by atoms with Crippen LogP contribution in [-0.2, 0) is 5.41 Å². The minimum Gasteiger partial charge on any atom is -0.497 e. The SMILES string of the molecule is COc1ccc2c(C(C)(C)CCN)nccc2c1. The zero-order chi connectivity index (χ0) is 13.2. The Kier molecular flexibility index (Phi) is 3.53. The molecule has 0 spiro atoms. The van der Waals surface area contributed by atoms with Crippen LogP contribution < -0.4 is 10.5 Å². The third kappa shape index (κ3) is 2.31. The second-order valence-electron chi connectivity index (χ2n) is 5.17. The predicted octanol–water partition coefficient (Wildman–Crippen LogP) is 2.87. The summed E-state index contributed by atoms with van der Waals surface area (Å²) in [6.45, 7) is 5.04. The fourth-order valence-electron chi connectivity index (χ4n) is 2.30. The van der Waals surface area contributed by atoms with Gasteiger partial charge in [-0.1, -0.05) is 13.8 Å². The van der Waals surface area contributed by atoms with Crippen molar-refractivity contribution in [2.45, 2.75) is 25.7 Å². The Bertz CT molecular complexity index is 549. The normalized spacial score (nSPS) is 11.8. The first-order valence-electron chi connectivity index (χ1n) is 6.22. The molecule has 0 unspecified atom stereocenters. The molecule has 0 bridgehead atoms. The summed E-state index contributed by atoms with van der Waals surface area (Å²) in [4.78, 5) is 4.56. The number of hydrogen-bond acceptors (Lipinski definition) is 3. The number of hydrogen-bond donors (Lipinski definition) is 1. The summed E-state index contributed by atoms with van der Waals surface area (Å²) in [5, 5.41) is 2.33. The maximum absolute atomic E-state index is 5.69. The highest BCUT2D eigenvalue weighted by Crippen LogP contribution is 2.32. The van der Waals surface area contributed by atoms with Crippen molar-refractivity contribution in [2.75, 3.05) is 13.7 Å². The molecule has 2 rings (SSSR count). The highest BCUT2D eigenvalue weighted by atomic mass is 16.5. The Labute approximate surface area is 108 Å². The fourth-order valence-corrected chi connectivity index (χ4v) is 2.30. The van der Waals surface area contributed by atoms with Gasteiger partial charge in [0.1, 0.15) is 5.75 Å². The van der Waals surface area contributed by atoms with Crippen molar-refractivity contribution in [3.05, 3.63) is 36.2 Å². The average Bonchev–Trinajstić information content (AvgIpc) is 2.37. The van der Waals surface area contributed by atoms with E-state index in [9.17, 15) is 0 Å². The molecule has 0 radical (unpaired) electrons. The van der Waals surface area contributed by atoms with E-state index in [2.05, 4.69) is 24.9 Å². The monoisotopic (exact) mass is 244 g/mol. The first-order valence-corrected chi connectivity index (χ1v) is 6.22. The molecule has 0 amide bonds. The Balaban J connectivity index is 2.58. The van der Waals surface area contributed by atoms with Crippen molar-refractivity contribution in [2.24, 2.45) is 5.73 Å². The summed E-state index contributed by atoms with van der Waals surface area (Å²) in [6, 6.07) is 8.11. The van der Waals surface area contributed by atoms with E-state index in [1.54, 1.807) is 7.11 Å². The standard InChI is InChI=1S/C15H20N2O/c1-15(2,7-8-16)14-13-5-4-12(18-3)10-11(13)6-9-17-14/h4-6,9-10H,7-8,16H2,1-3H3. The van der Waals surface area contributed by atoms with Crippen LogP contribution in [0.25, 0.3) is 10.8 Å². The van der Waals surface area contributed by atoms with Crippen LogP contribution in [0, 0.1) is 0 Å². The fraction of sp³-hybridized carbons (Fsp3) is 0.400. The molecule has 1 heterocycles. The van der Waals surface area contributed by atoms with E-state index in [-0.39, 0.29) is 5.41 Å². The van der Waals surface area contributed by atoms with Gasteiger partial charge >= 0.3 is 0 Å². The van der Waals surface area contributed by atoms with Crippen LogP contribution in [0.4, 0.5) is 0 Å². The van der Waals surface area contributed by atoms with Crippen LogP contribution >= 0.6 is 0 Å². The lowest BCUT2D eigenvalue weighted by molar-refractivity contribution is 0.415. The lowest BCUT2D eigenvalue weighted by Gasteiger charge is -2.24. The van der Waals surface area contributed by atoms with Crippen molar-refractivity contribution < 1.29 is 4.74 Å². The average molecular weight is 244 g/mol. The first kappa shape index (κ1) is 12.8. The molecule has 0 saturated carbocycles. The quantitative estimate of drug-likeness (QED) is 0.899. The summed E-state index contributed by atoms with van der Waals surface area (Å²) in [6.07, 6.45) is 2.78. The largest absolute Gasteiger partial charge is 0.497 e. The number of nitrogens with zero attached hydrogens (tertiary/aromatic N) is 1. The molecule has 96 valence electrons. The van der Waals surface area contributed by atoms with Gasteiger partial charge in [-0.25, -0.2) is 0 Å². The van der Waals surface area contributed by atoms with Gasteiger partial charge in [-0.2, -0.15) is 0 Å². The minimum atomic E-state index is -0.0111. The van der Waals surface area contributed by atoms with Gasteiger partial charge in [0.2, 0.25) is 0 Å². The van der Waals surface area contributed by atoms with Gasteiger partial charge in [0.25, 0.3) is 0 Å². The van der Waals surface area contributed by atoms with E-state index in [0.29, 0.717) is 6.54 Å². The summed E-state index contributed by atoms with van der Waals surface area (Å²) >= 11 is 0. The van der Waals surface area contributed by atoms with Crippen molar-refractivity contribution in [1.29, 1.82) is 0 Å². The van der Waals surface area contributed by atoms with Crippen LogP contribution in [0.3, 0.4) is 0 Å². The molecule has 1 aromatic carbocycles. The van der Waals surface area contributed by atoms with Gasteiger partial charge in [-0.05, 0) is 42.6 Å². The Morgan fingerprint density at radius 2 is 2.06 bits per heavy atom. The third-order valence-electron chi connectivity index (χ3n) is 3.38. The van der Waals surface area contributed by atoms with E-state index in [1.165, 1.54) is 5.39 Å². The zero-order valence-corrected chi connectivity index (χ0v) is 11.2. The number of benzene rings is 1. The number of methoxy groups -OCH3 is 1. The van der Waals surface area contributed by atoms with Crippen molar-refractivity contribution in [1.82, 2.24) is 4.98 Å². The molecule has 0 aliphatic heterocycles. The van der Waals surface area contributed by atoms with Crippen LogP contribution in [0.2, 0.25) is 0 Å².